The molecule has 1 heterocycles. The fraction of sp³-hybridized carbons (Fsp3) is 0.139. The molecule has 5 aromatic rings. The Hall–Kier alpha value is -4.15. The molecule has 0 saturated heterocycles. The van der Waals surface area contributed by atoms with E-state index in [0.717, 1.165) is 18.3 Å². The summed E-state index contributed by atoms with van der Waals surface area (Å²) in [7, 11) is 1.94. The summed E-state index contributed by atoms with van der Waals surface area (Å²) in [6, 6.07) is 44.1. The molecule has 0 aliphatic heterocycles. The number of aromatic nitrogens is 2. The van der Waals surface area contributed by atoms with E-state index in [1.807, 2.05) is 6.20 Å². The summed E-state index contributed by atoms with van der Waals surface area (Å²) in [5.41, 5.74) is 8.76. The van der Waals surface area contributed by atoms with Crippen molar-refractivity contribution in [1.82, 2.24) is 9.55 Å². The summed E-state index contributed by atoms with van der Waals surface area (Å²) in [5.74, 6) is 0.298. The molecular formula is C36H36BN2Si. The summed E-state index contributed by atoms with van der Waals surface area (Å²) in [6.07, 6.45) is 11.0. The zero-order valence-corrected chi connectivity index (χ0v) is 24.6. The molecule has 5 rings (SSSR count). The van der Waals surface area contributed by atoms with Crippen molar-refractivity contribution in [2.75, 3.05) is 0 Å². The zero-order chi connectivity index (χ0) is 27.4. The first kappa shape index (κ1) is 27.4. The zero-order valence-electron chi connectivity index (χ0n) is 23.2. The summed E-state index contributed by atoms with van der Waals surface area (Å²) in [6.45, 7) is 2.30. The number of allylic oxidation sites excluding steroid dienone is 2. The summed E-state index contributed by atoms with van der Waals surface area (Å²) < 4.78 is 2.34. The quantitative estimate of drug-likeness (QED) is 0.0720. The molecule has 0 N–H and O–H groups in total. The minimum atomic E-state index is -0.292. The van der Waals surface area contributed by atoms with Gasteiger partial charge in [0, 0.05) is 34.0 Å². The molecule has 2 nitrogen and oxygen atoms in total. The van der Waals surface area contributed by atoms with Gasteiger partial charge in [0.1, 0.15) is 0 Å². The number of benzene rings is 4. The molecule has 1 radical (unpaired) electrons. The van der Waals surface area contributed by atoms with Crippen LogP contribution in [0, 0.1) is 0 Å². The fourth-order valence-corrected chi connectivity index (χ4v) is 6.87. The molecule has 0 aliphatic carbocycles. The molecule has 197 valence electrons. The van der Waals surface area contributed by atoms with Gasteiger partial charge in [0.25, 0.3) is 0 Å². The molecule has 4 aromatic carbocycles. The lowest BCUT2D eigenvalue weighted by atomic mass is 9.65. The van der Waals surface area contributed by atoms with Crippen LogP contribution in [0.3, 0.4) is 0 Å². The van der Waals surface area contributed by atoms with Crippen molar-refractivity contribution in [3.05, 3.63) is 168 Å². The molecule has 40 heavy (non-hydrogen) atoms. The Kier molecular flexibility index (Phi) is 9.80. The van der Waals surface area contributed by atoms with Crippen LogP contribution in [0.4, 0.5) is 0 Å². The highest BCUT2D eigenvalue weighted by Crippen LogP contribution is 2.28. The van der Waals surface area contributed by atoms with Crippen LogP contribution in [0.15, 0.2) is 145 Å². The number of imidazole rings is 1. The standard InChI is InChI=1S/C36H36BN2Si/c1-29(26-34(31-16-8-3-9-17-31)32-18-10-4-11-19-32)22-25-40-28-39-24-23-38-36(39)37-35(33-20-12-5-13-21-33)27-30-14-6-2-7-15-30/h2-21,23-24,26-27,34H,22,25,28,40H2,1H3. The van der Waals surface area contributed by atoms with Crippen LogP contribution in [-0.2, 0) is 6.17 Å². The largest absolute Gasteiger partial charge is 0.347 e. The smallest absolute Gasteiger partial charge is 0.241 e. The molecule has 0 bridgehead atoms. The molecule has 0 saturated carbocycles. The second-order valence-electron chi connectivity index (χ2n) is 10.3. The first-order valence-corrected chi connectivity index (χ1v) is 16.2. The van der Waals surface area contributed by atoms with E-state index < -0.39 is 0 Å². The van der Waals surface area contributed by atoms with Crippen LogP contribution in [-0.4, -0.2) is 26.4 Å². The summed E-state index contributed by atoms with van der Waals surface area (Å²) in [5, 5.41) is 0. The van der Waals surface area contributed by atoms with Gasteiger partial charge in [-0.15, -0.1) is 0 Å². The van der Waals surface area contributed by atoms with E-state index in [9.17, 15) is 0 Å². The van der Waals surface area contributed by atoms with Crippen molar-refractivity contribution >= 4 is 34.1 Å². The van der Waals surface area contributed by atoms with Gasteiger partial charge in [0.15, 0.2) is 0 Å². The monoisotopic (exact) mass is 535 g/mol. The van der Waals surface area contributed by atoms with Gasteiger partial charge in [-0.3, -0.25) is 4.98 Å². The molecule has 0 atom stereocenters. The van der Waals surface area contributed by atoms with Crippen LogP contribution in [0.2, 0.25) is 6.04 Å². The third-order valence-electron chi connectivity index (χ3n) is 7.25. The highest BCUT2D eigenvalue weighted by molar-refractivity contribution is 6.73. The van der Waals surface area contributed by atoms with Crippen LogP contribution < -0.4 is 5.72 Å². The Morgan fingerprint density at radius 2 is 1.38 bits per heavy atom. The second-order valence-corrected chi connectivity index (χ2v) is 12.1. The van der Waals surface area contributed by atoms with E-state index in [1.165, 1.54) is 39.3 Å². The maximum atomic E-state index is 4.72. The second kappa shape index (κ2) is 14.3. The van der Waals surface area contributed by atoms with E-state index in [1.54, 1.807) is 0 Å². The lowest BCUT2D eigenvalue weighted by Crippen LogP contribution is -2.29. The first-order chi connectivity index (χ1) is 19.8. The maximum absolute atomic E-state index is 4.72. The molecule has 0 unspecified atom stereocenters. The molecule has 0 fully saturated rings. The van der Waals surface area contributed by atoms with E-state index in [0.29, 0.717) is 5.92 Å². The van der Waals surface area contributed by atoms with Crippen molar-refractivity contribution in [2.45, 2.75) is 31.5 Å². The number of nitrogens with zero attached hydrogens (tertiary/aromatic N) is 2. The predicted molar refractivity (Wildman–Crippen MR) is 175 cm³/mol. The molecule has 0 amide bonds. The fourth-order valence-electron chi connectivity index (χ4n) is 5.12. The van der Waals surface area contributed by atoms with Gasteiger partial charge >= 0.3 is 0 Å². The number of hydrogen-bond acceptors (Lipinski definition) is 1. The normalized spacial score (nSPS) is 12.3. The molecular weight excluding hydrogens is 499 g/mol. The SMILES string of the molecule is CC(=CC(c1ccccc1)c1ccccc1)CC[SiH2]Cn1ccnc1[B]C(=Cc1ccccc1)c1ccccc1. The Balaban J connectivity index is 1.23. The van der Waals surface area contributed by atoms with Crippen LogP contribution in [0.25, 0.3) is 11.5 Å². The van der Waals surface area contributed by atoms with Gasteiger partial charge in [-0.25, -0.2) is 0 Å². The highest BCUT2D eigenvalue weighted by Gasteiger charge is 2.13. The molecule has 0 spiro atoms. The molecule has 0 aliphatic rings. The predicted octanol–water partition coefficient (Wildman–Crippen LogP) is 7.12. The van der Waals surface area contributed by atoms with E-state index in [2.05, 4.69) is 158 Å². The van der Waals surface area contributed by atoms with Crippen LogP contribution >= 0.6 is 0 Å². The van der Waals surface area contributed by atoms with Crippen LogP contribution in [0.1, 0.15) is 41.5 Å². The van der Waals surface area contributed by atoms with Crippen molar-refractivity contribution in [2.24, 2.45) is 0 Å². The molecule has 4 heteroatoms. The highest BCUT2D eigenvalue weighted by atomic mass is 28.2. The van der Waals surface area contributed by atoms with E-state index >= 15 is 0 Å². The Labute approximate surface area is 242 Å². The Bertz CT molecular complexity index is 1470. The number of rotatable bonds is 12. The summed E-state index contributed by atoms with van der Waals surface area (Å²) in [4.78, 5) is 4.72. The lowest BCUT2D eigenvalue weighted by molar-refractivity contribution is 0.891. The third-order valence-corrected chi connectivity index (χ3v) is 8.90. The van der Waals surface area contributed by atoms with Gasteiger partial charge in [0.2, 0.25) is 7.28 Å². The van der Waals surface area contributed by atoms with Gasteiger partial charge in [-0.1, -0.05) is 151 Å². The van der Waals surface area contributed by atoms with Gasteiger partial charge < -0.3 is 4.57 Å². The van der Waals surface area contributed by atoms with Crippen molar-refractivity contribution < 1.29 is 0 Å². The topological polar surface area (TPSA) is 17.8 Å². The lowest BCUT2D eigenvalue weighted by Gasteiger charge is -2.16. The van der Waals surface area contributed by atoms with Crippen molar-refractivity contribution in [1.29, 1.82) is 0 Å². The van der Waals surface area contributed by atoms with E-state index in [-0.39, 0.29) is 9.52 Å². The molecule has 1 aromatic heterocycles. The Morgan fingerprint density at radius 3 is 2.00 bits per heavy atom. The van der Waals surface area contributed by atoms with Crippen molar-refractivity contribution in [3.63, 3.8) is 0 Å². The Morgan fingerprint density at radius 1 is 0.800 bits per heavy atom. The third kappa shape index (κ3) is 7.71. The summed E-state index contributed by atoms with van der Waals surface area (Å²) >= 11 is 0. The first-order valence-electron chi connectivity index (χ1n) is 14.2. The minimum Gasteiger partial charge on any atom is -0.347 e. The van der Waals surface area contributed by atoms with E-state index in [4.69, 9.17) is 4.98 Å². The van der Waals surface area contributed by atoms with Crippen LogP contribution in [0.5, 0.6) is 0 Å². The van der Waals surface area contributed by atoms with Gasteiger partial charge in [0.05, 0.1) is 5.72 Å². The van der Waals surface area contributed by atoms with Gasteiger partial charge in [-0.2, -0.15) is 0 Å². The average Bonchev–Trinajstić information content (AvgIpc) is 3.46. The maximum Gasteiger partial charge on any atom is 0.241 e. The average molecular weight is 536 g/mol. The minimum absolute atomic E-state index is 0.292. The van der Waals surface area contributed by atoms with Gasteiger partial charge in [-0.05, 0) is 35.6 Å². The number of hydrogen-bond donors (Lipinski definition) is 0. The van der Waals surface area contributed by atoms with Crippen molar-refractivity contribution in [3.8, 4) is 0 Å².